The van der Waals surface area contributed by atoms with Gasteiger partial charge in [-0.05, 0) is 26.0 Å². The van der Waals surface area contributed by atoms with Gasteiger partial charge in [0.2, 0.25) is 17.8 Å². The number of nitrogens with two attached hydrogens (primary N) is 1. The van der Waals surface area contributed by atoms with E-state index in [2.05, 4.69) is 52.1 Å². The lowest BCUT2D eigenvalue weighted by Gasteiger charge is -2.17. The molecule has 1 aromatic heterocycles. The van der Waals surface area contributed by atoms with Gasteiger partial charge in [-0.2, -0.15) is 15.0 Å². The molecule has 8 heteroatoms. The highest BCUT2D eigenvalue weighted by molar-refractivity contribution is 7.98. The highest BCUT2D eigenvalue weighted by Crippen LogP contribution is 2.15. The molecular formula is C13H26N6OS. The molecule has 0 aliphatic carbocycles. The first-order valence-corrected chi connectivity index (χ1v) is 8.09. The van der Waals surface area contributed by atoms with Crippen molar-refractivity contribution in [2.24, 2.45) is 11.7 Å². The highest BCUT2D eigenvalue weighted by atomic mass is 32.2. The van der Waals surface area contributed by atoms with Gasteiger partial charge in [-0.15, -0.1) is 0 Å². The van der Waals surface area contributed by atoms with Gasteiger partial charge >= 0.3 is 0 Å². The Morgan fingerprint density at radius 1 is 1.24 bits per heavy atom. The SMILES string of the molecule is CC(N)=O.CCNc1nc(NC(C)C(C)C)nc(SC)n1. The van der Waals surface area contributed by atoms with Crippen molar-refractivity contribution in [3.63, 3.8) is 0 Å². The smallest absolute Gasteiger partial charge is 0.228 e. The van der Waals surface area contributed by atoms with Gasteiger partial charge in [0.25, 0.3) is 0 Å². The molecule has 1 aromatic rings. The van der Waals surface area contributed by atoms with Crippen molar-refractivity contribution in [3.8, 4) is 0 Å². The summed E-state index contributed by atoms with van der Waals surface area (Å²) < 4.78 is 0. The molecule has 1 atom stereocenters. The Labute approximate surface area is 130 Å². The van der Waals surface area contributed by atoms with Crippen LogP contribution in [0.5, 0.6) is 0 Å². The summed E-state index contributed by atoms with van der Waals surface area (Å²) in [5.41, 5.74) is 4.47. The molecule has 1 unspecified atom stereocenters. The Balaban J connectivity index is 0.000000885. The molecule has 21 heavy (non-hydrogen) atoms. The van der Waals surface area contributed by atoms with Crippen molar-refractivity contribution in [1.29, 1.82) is 0 Å². The van der Waals surface area contributed by atoms with Crippen LogP contribution in [0.3, 0.4) is 0 Å². The van der Waals surface area contributed by atoms with Crippen LogP contribution in [-0.4, -0.2) is 39.7 Å². The molecule has 0 fully saturated rings. The van der Waals surface area contributed by atoms with E-state index in [9.17, 15) is 4.79 Å². The number of amides is 1. The van der Waals surface area contributed by atoms with Crippen molar-refractivity contribution in [2.45, 2.75) is 45.8 Å². The molecule has 0 aliphatic heterocycles. The van der Waals surface area contributed by atoms with Crippen molar-refractivity contribution in [2.75, 3.05) is 23.4 Å². The van der Waals surface area contributed by atoms with Crippen LogP contribution in [0.1, 0.15) is 34.6 Å². The molecule has 0 bridgehead atoms. The lowest BCUT2D eigenvalue weighted by atomic mass is 10.1. The summed E-state index contributed by atoms with van der Waals surface area (Å²) in [6.45, 7) is 10.6. The molecule has 1 rings (SSSR count). The predicted molar refractivity (Wildman–Crippen MR) is 88.6 cm³/mol. The Hall–Kier alpha value is -1.57. The number of carbonyl (C=O) groups is 1. The Morgan fingerprint density at radius 2 is 1.76 bits per heavy atom. The van der Waals surface area contributed by atoms with E-state index >= 15 is 0 Å². The minimum atomic E-state index is -0.333. The van der Waals surface area contributed by atoms with E-state index in [1.807, 2.05) is 13.2 Å². The van der Waals surface area contributed by atoms with Gasteiger partial charge in [0.15, 0.2) is 5.16 Å². The minimum absolute atomic E-state index is 0.333. The number of hydrogen-bond acceptors (Lipinski definition) is 7. The van der Waals surface area contributed by atoms with Crippen LogP contribution < -0.4 is 16.4 Å². The topological polar surface area (TPSA) is 106 Å². The normalized spacial score (nSPS) is 11.4. The van der Waals surface area contributed by atoms with Crippen molar-refractivity contribution in [1.82, 2.24) is 15.0 Å². The quantitative estimate of drug-likeness (QED) is 0.689. The van der Waals surface area contributed by atoms with Crippen LogP contribution in [0.25, 0.3) is 0 Å². The predicted octanol–water partition coefficient (Wildman–Crippen LogP) is 1.97. The Morgan fingerprint density at radius 3 is 2.19 bits per heavy atom. The first-order chi connectivity index (χ1) is 9.79. The molecule has 0 saturated heterocycles. The van der Waals surface area contributed by atoms with E-state index in [4.69, 9.17) is 0 Å². The monoisotopic (exact) mass is 314 g/mol. The van der Waals surface area contributed by atoms with Crippen LogP contribution in [0.4, 0.5) is 11.9 Å². The van der Waals surface area contributed by atoms with Gasteiger partial charge < -0.3 is 16.4 Å². The first-order valence-electron chi connectivity index (χ1n) is 6.86. The number of anilines is 2. The average molecular weight is 314 g/mol. The van der Waals surface area contributed by atoms with Crippen molar-refractivity contribution < 1.29 is 4.79 Å². The Bertz CT molecular complexity index is 437. The number of nitrogens with one attached hydrogen (secondary N) is 2. The number of primary amides is 1. The molecule has 0 aliphatic rings. The van der Waals surface area contributed by atoms with E-state index in [1.54, 1.807) is 0 Å². The summed E-state index contributed by atoms with van der Waals surface area (Å²) in [5, 5.41) is 7.14. The number of carbonyl (C=O) groups excluding carboxylic acids is 1. The lowest BCUT2D eigenvalue weighted by molar-refractivity contribution is -0.115. The van der Waals surface area contributed by atoms with E-state index in [0.717, 1.165) is 11.7 Å². The maximum atomic E-state index is 9.22. The molecular weight excluding hydrogens is 288 g/mol. The standard InChI is InChI=1S/C11H21N5S.C2H5NO/c1-6-12-9-14-10(13-8(4)7(2)3)16-11(15-9)17-5;1-2(3)4/h7-8H,6H2,1-5H3,(H2,12,13,14,15,16);1H3,(H2,3,4). The zero-order chi connectivity index (χ0) is 16.4. The fraction of sp³-hybridized carbons (Fsp3) is 0.692. The van der Waals surface area contributed by atoms with Gasteiger partial charge in [-0.3, -0.25) is 4.79 Å². The number of thioether (sulfide) groups is 1. The van der Waals surface area contributed by atoms with Gasteiger partial charge in [-0.25, -0.2) is 0 Å². The highest BCUT2D eigenvalue weighted by Gasteiger charge is 2.10. The van der Waals surface area contributed by atoms with Crippen molar-refractivity contribution >= 4 is 29.6 Å². The van der Waals surface area contributed by atoms with Gasteiger partial charge in [0.05, 0.1) is 0 Å². The molecule has 0 spiro atoms. The third-order valence-electron chi connectivity index (χ3n) is 2.49. The lowest BCUT2D eigenvalue weighted by Crippen LogP contribution is -2.23. The van der Waals surface area contributed by atoms with Gasteiger partial charge in [-0.1, -0.05) is 25.6 Å². The van der Waals surface area contributed by atoms with Gasteiger partial charge in [0, 0.05) is 19.5 Å². The molecule has 0 saturated carbocycles. The molecule has 7 nitrogen and oxygen atoms in total. The van der Waals surface area contributed by atoms with E-state index < -0.39 is 0 Å². The second kappa shape index (κ2) is 10.2. The minimum Gasteiger partial charge on any atom is -0.370 e. The second-order valence-electron chi connectivity index (χ2n) is 4.79. The summed E-state index contributed by atoms with van der Waals surface area (Å²) in [6, 6.07) is 0.335. The molecule has 0 aromatic carbocycles. The molecule has 1 amide bonds. The largest absolute Gasteiger partial charge is 0.370 e. The molecule has 0 radical (unpaired) electrons. The van der Waals surface area contributed by atoms with E-state index in [0.29, 0.717) is 23.9 Å². The van der Waals surface area contributed by atoms with Crippen LogP contribution in [0.2, 0.25) is 0 Å². The van der Waals surface area contributed by atoms with E-state index in [1.165, 1.54) is 18.7 Å². The Kier molecular flexibility index (Phi) is 9.44. The summed E-state index contributed by atoms with van der Waals surface area (Å²) in [7, 11) is 0. The summed E-state index contributed by atoms with van der Waals surface area (Å²) in [5.74, 6) is 1.47. The van der Waals surface area contributed by atoms with Crippen LogP contribution in [0, 0.1) is 5.92 Å². The number of hydrogen-bond donors (Lipinski definition) is 3. The number of nitrogens with zero attached hydrogens (tertiary/aromatic N) is 3. The maximum Gasteiger partial charge on any atom is 0.228 e. The summed E-state index contributed by atoms with van der Waals surface area (Å²) in [6.07, 6.45) is 1.96. The zero-order valence-electron chi connectivity index (χ0n) is 13.6. The summed E-state index contributed by atoms with van der Waals surface area (Å²) >= 11 is 1.52. The molecule has 1 heterocycles. The van der Waals surface area contributed by atoms with Crippen LogP contribution in [0.15, 0.2) is 5.16 Å². The average Bonchev–Trinajstić information content (AvgIpc) is 2.37. The summed E-state index contributed by atoms with van der Waals surface area (Å²) in [4.78, 5) is 22.2. The van der Waals surface area contributed by atoms with E-state index in [-0.39, 0.29) is 5.91 Å². The van der Waals surface area contributed by atoms with Crippen LogP contribution in [-0.2, 0) is 4.79 Å². The van der Waals surface area contributed by atoms with Gasteiger partial charge in [0.1, 0.15) is 0 Å². The number of rotatable bonds is 6. The fourth-order valence-corrected chi connectivity index (χ4v) is 1.48. The fourth-order valence-electron chi connectivity index (χ4n) is 1.12. The third-order valence-corrected chi connectivity index (χ3v) is 3.04. The van der Waals surface area contributed by atoms with Crippen molar-refractivity contribution in [3.05, 3.63) is 0 Å². The van der Waals surface area contributed by atoms with Crippen LogP contribution >= 0.6 is 11.8 Å². The second-order valence-corrected chi connectivity index (χ2v) is 5.56. The maximum absolute atomic E-state index is 9.22. The molecule has 4 N–H and O–H groups in total. The molecule has 120 valence electrons. The first kappa shape index (κ1) is 19.4. The zero-order valence-corrected chi connectivity index (χ0v) is 14.4. The number of aromatic nitrogens is 3. The third kappa shape index (κ3) is 9.06.